The molecule has 1 aromatic heterocycles. The smallest absolute Gasteiger partial charge is 0.121 e. The van der Waals surface area contributed by atoms with Gasteiger partial charge in [0.15, 0.2) is 0 Å². The number of fused-ring (bicyclic) bond motifs is 2. The first-order valence-corrected chi connectivity index (χ1v) is 10.0. The molecule has 0 amide bonds. The van der Waals surface area contributed by atoms with E-state index < -0.39 is 0 Å². The summed E-state index contributed by atoms with van der Waals surface area (Å²) in [5.41, 5.74) is 3.51. The summed E-state index contributed by atoms with van der Waals surface area (Å²) in [6.45, 7) is 4.92. The van der Waals surface area contributed by atoms with Gasteiger partial charge < -0.3 is 9.47 Å². The number of ether oxygens (including phenoxy) is 2. The highest BCUT2D eigenvalue weighted by Gasteiger charge is 2.22. The minimum absolute atomic E-state index is 0.716. The molecule has 2 aromatic carbocycles. The van der Waals surface area contributed by atoms with Crippen LogP contribution in [0.3, 0.4) is 0 Å². The molecule has 0 spiro atoms. The highest BCUT2D eigenvalue weighted by Crippen LogP contribution is 2.30. The summed E-state index contributed by atoms with van der Waals surface area (Å²) >= 11 is 0. The largest absolute Gasteiger partial charge is 0.493 e. The molecule has 1 saturated heterocycles. The first-order chi connectivity index (χ1) is 13.3. The first kappa shape index (κ1) is 16.8. The molecule has 0 unspecified atom stereocenters. The predicted octanol–water partition coefficient (Wildman–Crippen LogP) is 4.05. The van der Waals surface area contributed by atoms with E-state index in [0.29, 0.717) is 6.61 Å². The highest BCUT2D eigenvalue weighted by molar-refractivity contribution is 5.87. The Hall–Kier alpha value is -2.40. The molecule has 0 bridgehead atoms. The Morgan fingerprint density at radius 3 is 2.07 bits per heavy atom. The van der Waals surface area contributed by atoms with Gasteiger partial charge in [-0.15, -0.1) is 0 Å². The zero-order valence-electron chi connectivity index (χ0n) is 15.6. The molecule has 0 atom stereocenters. The van der Waals surface area contributed by atoms with Crippen molar-refractivity contribution in [1.82, 2.24) is 14.9 Å². The highest BCUT2D eigenvalue weighted by atomic mass is 16.5. The Balaban J connectivity index is 1.31. The van der Waals surface area contributed by atoms with Crippen molar-refractivity contribution in [3.63, 3.8) is 0 Å². The molecule has 2 fully saturated rings. The van der Waals surface area contributed by atoms with Crippen molar-refractivity contribution >= 4 is 22.1 Å². The molecule has 27 heavy (non-hydrogen) atoms. The molecule has 3 aromatic rings. The number of benzene rings is 2. The summed E-state index contributed by atoms with van der Waals surface area (Å²) in [6, 6.07) is 11.9. The molecule has 2 aliphatic rings. The van der Waals surface area contributed by atoms with Gasteiger partial charge in [-0.25, -0.2) is 9.97 Å². The van der Waals surface area contributed by atoms with E-state index in [9.17, 15) is 0 Å². The van der Waals surface area contributed by atoms with Gasteiger partial charge in [-0.1, -0.05) is 0 Å². The molecular weight excluding hydrogens is 338 g/mol. The maximum absolute atomic E-state index is 5.94. The maximum atomic E-state index is 5.94. The molecule has 1 saturated carbocycles. The summed E-state index contributed by atoms with van der Waals surface area (Å²) in [7, 11) is 0. The van der Waals surface area contributed by atoms with E-state index in [0.717, 1.165) is 52.6 Å². The maximum Gasteiger partial charge on any atom is 0.121 e. The number of likely N-dealkylation sites (tertiary alicyclic amines) is 1. The molecule has 0 N–H and O–H groups in total. The summed E-state index contributed by atoms with van der Waals surface area (Å²) < 4.78 is 11.8. The van der Waals surface area contributed by atoms with Crippen LogP contribution in [0.5, 0.6) is 11.5 Å². The minimum atomic E-state index is 0.716. The van der Waals surface area contributed by atoms with Crippen molar-refractivity contribution in [2.24, 2.45) is 5.92 Å². The SMILES string of the molecule is c1cc2nc3cc(OCC4CC4)ccc3nc2cc1OCCN1CCCC1. The van der Waals surface area contributed by atoms with Gasteiger partial charge in [0.2, 0.25) is 0 Å². The van der Waals surface area contributed by atoms with Gasteiger partial charge in [-0.05, 0) is 69.0 Å². The Bertz CT molecular complexity index is 949. The topological polar surface area (TPSA) is 47.5 Å². The van der Waals surface area contributed by atoms with E-state index in [-0.39, 0.29) is 0 Å². The van der Waals surface area contributed by atoms with Crippen LogP contribution in [-0.2, 0) is 0 Å². The third kappa shape index (κ3) is 3.98. The van der Waals surface area contributed by atoms with Crippen molar-refractivity contribution in [3.05, 3.63) is 36.4 Å². The summed E-state index contributed by atoms with van der Waals surface area (Å²) in [6.07, 6.45) is 5.21. The summed E-state index contributed by atoms with van der Waals surface area (Å²) in [5.74, 6) is 2.48. The van der Waals surface area contributed by atoms with E-state index >= 15 is 0 Å². The van der Waals surface area contributed by atoms with Crippen LogP contribution >= 0.6 is 0 Å². The molecule has 1 aliphatic carbocycles. The Morgan fingerprint density at radius 1 is 0.815 bits per heavy atom. The van der Waals surface area contributed by atoms with Crippen molar-refractivity contribution in [2.45, 2.75) is 25.7 Å². The van der Waals surface area contributed by atoms with Crippen molar-refractivity contribution in [1.29, 1.82) is 0 Å². The molecular formula is C22H25N3O2. The van der Waals surface area contributed by atoms with Gasteiger partial charge in [0.25, 0.3) is 0 Å². The monoisotopic (exact) mass is 363 g/mol. The van der Waals surface area contributed by atoms with Gasteiger partial charge in [0.1, 0.15) is 18.1 Å². The molecule has 0 radical (unpaired) electrons. The van der Waals surface area contributed by atoms with Crippen molar-refractivity contribution < 1.29 is 9.47 Å². The second kappa shape index (κ2) is 7.31. The van der Waals surface area contributed by atoms with Crippen LogP contribution in [0, 0.1) is 5.92 Å². The van der Waals surface area contributed by atoms with E-state index in [1.807, 2.05) is 36.4 Å². The lowest BCUT2D eigenvalue weighted by atomic mass is 10.2. The van der Waals surface area contributed by atoms with E-state index in [2.05, 4.69) is 4.90 Å². The fourth-order valence-corrected chi connectivity index (χ4v) is 3.61. The van der Waals surface area contributed by atoms with E-state index in [1.54, 1.807) is 0 Å². The quantitative estimate of drug-likeness (QED) is 0.593. The number of hydrogen-bond donors (Lipinski definition) is 0. The van der Waals surface area contributed by atoms with Crippen LogP contribution < -0.4 is 9.47 Å². The summed E-state index contributed by atoms with van der Waals surface area (Å²) in [5, 5.41) is 0. The van der Waals surface area contributed by atoms with Gasteiger partial charge in [-0.2, -0.15) is 0 Å². The normalized spacial score (nSPS) is 17.6. The molecule has 2 heterocycles. The van der Waals surface area contributed by atoms with Crippen molar-refractivity contribution in [3.8, 4) is 11.5 Å². The lowest BCUT2D eigenvalue weighted by Gasteiger charge is -2.15. The van der Waals surface area contributed by atoms with Gasteiger partial charge in [0, 0.05) is 18.7 Å². The van der Waals surface area contributed by atoms with Crippen LogP contribution in [0.25, 0.3) is 22.1 Å². The fraction of sp³-hybridized carbons (Fsp3) is 0.455. The van der Waals surface area contributed by atoms with Gasteiger partial charge in [0.05, 0.1) is 28.7 Å². The van der Waals surface area contributed by atoms with Crippen LogP contribution in [0.4, 0.5) is 0 Å². The third-order valence-electron chi connectivity index (χ3n) is 5.43. The Labute approximate surface area is 159 Å². The van der Waals surface area contributed by atoms with E-state index in [1.165, 1.54) is 38.8 Å². The second-order valence-electron chi connectivity index (χ2n) is 7.68. The molecule has 140 valence electrons. The lowest BCUT2D eigenvalue weighted by Crippen LogP contribution is -2.25. The number of aromatic nitrogens is 2. The Kier molecular flexibility index (Phi) is 4.54. The van der Waals surface area contributed by atoms with Gasteiger partial charge in [-0.3, -0.25) is 4.90 Å². The van der Waals surface area contributed by atoms with Gasteiger partial charge >= 0.3 is 0 Å². The van der Waals surface area contributed by atoms with Crippen LogP contribution in [0.1, 0.15) is 25.7 Å². The van der Waals surface area contributed by atoms with Crippen LogP contribution in [-0.4, -0.2) is 47.7 Å². The zero-order chi connectivity index (χ0) is 18.1. The standard InChI is InChI=1S/C22H25N3O2/c1-2-10-25(9-1)11-12-26-17-5-7-19-21(13-17)23-20-8-6-18(14-22(20)24-19)27-15-16-3-4-16/h5-8,13-14,16H,1-4,9-12,15H2. The van der Waals surface area contributed by atoms with Crippen molar-refractivity contribution in [2.75, 3.05) is 32.8 Å². The molecule has 5 rings (SSSR count). The number of rotatable bonds is 7. The number of nitrogens with zero attached hydrogens (tertiary/aromatic N) is 3. The Morgan fingerprint density at radius 2 is 1.44 bits per heavy atom. The average Bonchev–Trinajstić information content (AvgIpc) is 3.38. The predicted molar refractivity (Wildman–Crippen MR) is 106 cm³/mol. The first-order valence-electron chi connectivity index (χ1n) is 10.0. The summed E-state index contributed by atoms with van der Waals surface area (Å²) in [4.78, 5) is 12.0. The second-order valence-corrected chi connectivity index (χ2v) is 7.68. The lowest BCUT2D eigenvalue weighted by molar-refractivity contribution is 0.238. The molecule has 5 nitrogen and oxygen atoms in total. The fourth-order valence-electron chi connectivity index (χ4n) is 3.61. The molecule has 5 heteroatoms. The number of hydrogen-bond acceptors (Lipinski definition) is 5. The third-order valence-corrected chi connectivity index (χ3v) is 5.43. The molecule has 1 aliphatic heterocycles. The average molecular weight is 363 g/mol. The van der Waals surface area contributed by atoms with E-state index in [4.69, 9.17) is 19.4 Å². The zero-order valence-corrected chi connectivity index (χ0v) is 15.6. The van der Waals surface area contributed by atoms with Crippen LogP contribution in [0.15, 0.2) is 36.4 Å². The minimum Gasteiger partial charge on any atom is -0.493 e. The van der Waals surface area contributed by atoms with Crippen LogP contribution in [0.2, 0.25) is 0 Å².